The molecule has 4 nitrogen and oxygen atoms in total. The van der Waals surface area contributed by atoms with Crippen LogP contribution in [-0.4, -0.2) is 11.9 Å². The van der Waals surface area contributed by atoms with Crippen LogP contribution >= 0.6 is 0 Å². The fourth-order valence-electron chi connectivity index (χ4n) is 0. The summed E-state index contributed by atoms with van der Waals surface area (Å²) in [5.74, 6) is -4.37. The summed E-state index contributed by atoms with van der Waals surface area (Å²) in [4.78, 5) is 17.9. The topological polar surface area (TPSA) is 80.3 Å². The second-order valence-corrected chi connectivity index (χ2v) is 0.575. The second kappa shape index (κ2) is 8.46. The van der Waals surface area contributed by atoms with Crippen LogP contribution in [0.15, 0.2) is 0 Å². The molecular formula is C2KO4Zr+3. The van der Waals surface area contributed by atoms with Gasteiger partial charge in [0.1, 0.15) is 0 Å². The summed E-state index contributed by atoms with van der Waals surface area (Å²) in [5.41, 5.74) is 0. The molecule has 0 aliphatic heterocycles. The number of aliphatic carboxylic acids is 2. The van der Waals surface area contributed by atoms with E-state index in [1.165, 1.54) is 0 Å². The van der Waals surface area contributed by atoms with Crippen molar-refractivity contribution >= 4 is 11.9 Å². The Morgan fingerprint density at radius 2 is 1.12 bits per heavy atom. The maximum atomic E-state index is 8.93. The summed E-state index contributed by atoms with van der Waals surface area (Å²) in [7, 11) is 0. The van der Waals surface area contributed by atoms with Crippen molar-refractivity contribution in [2.75, 3.05) is 0 Å². The van der Waals surface area contributed by atoms with Gasteiger partial charge in [0.05, 0.1) is 11.9 Å². The third-order valence-electron chi connectivity index (χ3n) is 0.167. The van der Waals surface area contributed by atoms with Crippen LogP contribution in [0.5, 0.6) is 0 Å². The molecule has 0 rings (SSSR count). The van der Waals surface area contributed by atoms with Crippen LogP contribution in [0.4, 0.5) is 0 Å². The van der Waals surface area contributed by atoms with Gasteiger partial charge >= 0.3 is 77.6 Å². The molecular weight excluding hydrogens is 218 g/mol. The Morgan fingerprint density at radius 1 is 1.00 bits per heavy atom. The first kappa shape index (κ1) is 16.2. The molecule has 0 saturated heterocycles. The Bertz CT molecular complexity index is 80.0. The number of hydrogen-bond donors (Lipinski definition) is 0. The van der Waals surface area contributed by atoms with Gasteiger partial charge in [0.15, 0.2) is 0 Å². The average Bonchev–Trinajstić information content (AvgIpc) is 1.36. The minimum atomic E-state index is -2.19. The van der Waals surface area contributed by atoms with Gasteiger partial charge in [-0.25, -0.2) is 0 Å². The van der Waals surface area contributed by atoms with E-state index in [4.69, 9.17) is 19.8 Å². The molecule has 8 heavy (non-hydrogen) atoms. The van der Waals surface area contributed by atoms with Crippen LogP contribution in [0.1, 0.15) is 0 Å². The van der Waals surface area contributed by atoms with Gasteiger partial charge in [0.2, 0.25) is 0 Å². The predicted molar refractivity (Wildman–Crippen MR) is 10.0 cm³/mol. The monoisotopic (exact) mass is 217 g/mol. The molecule has 0 aromatic heterocycles. The molecule has 0 spiro atoms. The summed E-state index contributed by atoms with van der Waals surface area (Å²) in [5, 5.41) is 17.9. The van der Waals surface area contributed by atoms with Crippen LogP contribution < -0.4 is 61.6 Å². The number of carboxylic acid groups (broad SMARTS) is 2. The third kappa shape index (κ3) is 10.4. The Kier molecular flexibility index (Phi) is 17.2. The number of carboxylic acids is 2. The van der Waals surface area contributed by atoms with Gasteiger partial charge in [-0.15, -0.1) is 0 Å². The molecule has 0 radical (unpaired) electrons. The van der Waals surface area contributed by atoms with Crippen LogP contribution in [-0.2, 0) is 35.8 Å². The van der Waals surface area contributed by atoms with Gasteiger partial charge in [-0.05, 0) is 0 Å². The molecule has 6 heteroatoms. The van der Waals surface area contributed by atoms with Gasteiger partial charge < -0.3 is 19.8 Å². The van der Waals surface area contributed by atoms with E-state index in [-0.39, 0.29) is 77.6 Å². The summed E-state index contributed by atoms with van der Waals surface area (Å²) in [6, 6.07) is 0. The smallest absolute Gasteiger partial charge is 0.543 e. The van der Waals surface area contributed by atoms with E-state index in [9.17, 15) is 0 Å². The number of hydrogen-bond acceptors (Lipinski definition) is 4. The largest absolute Gasteiger partial charge is 4.00 e. The van der Waals surface area contributed by atoms with Crippen LogP contribution in [0.25, 0.3) is 0 Å². The van der Waals surface area contributed by atoms with Crippen LogP contribution in [0.3, 0.4) is 0 Å². The zero-order chi connectivity index (χ0) is 5.15. The SMILES string of the molecule is O=C([O-])C(=O)[O-].[K+].[Zr+4]. The molecule has 0 bridgehead atoms. The van der Waals surface area contributed by atoms with Gasteiger partial charge in [-0.3, -0.25) is 0 Å². The Balaban J connectivity index is -0.000000125. The van der Waals surface area contributed by atoms with E-state index in [2.05, 4.69) is 0 Å². The van der Waals surface area contributed by atoms with E-state index in [1.807, 2.05) is 0 Å². The molecule has 0 aliphatic carbocycles. The van der Waals surface area contributed by atoms with E-state index in [0.717, 1.165) is 0 Å². The van der Waals surface area contributed by atoms with Gasteiger partial charge in [0, 0.05) is 0 Å². The standard InChI is InChI=1S/C2H2O4.K.Zr/c3-1(4)2(5)6;;/h(H,3,4)(H,5,6);;/q;+1;+4/p-2. The molecule has 0 aromatic rings. The molecule has 34 valence electrons. The van der Waals surface area contributed by atoms with Crippen LogP contribution in [0.2, 0.25) is 0 Å². The molecule has 0 amide bonds. The molecule has 0 fully saturated rings. The van der Waals surface area contributed by atoms with E-state index < -0.39 is 11.9 Å². The first-order chi connectivity index (χ1) is 2.64. The summed E-state index contributed by atoms with van der Waals surface area (Å²) in [6.45, 7) is 0. The number of carbonyl (C=O) groups is 2. The van der Waals surface area contributed by atoms with Crippen molar-refractivity contribution in [3.8, 4) is 0 Å². The van der Waals surface area contributed by atoms with Crippen molar-refractivity contribution in [1.29, 1.82) is 0 Å². The molecule has 0 atom stereocenters. The summed E-state index contributed by atoms with van der Waals surface area (Å²) < 4.78 is 0. The predicted octanol–water partition coefficient (Wildman–Crippen LogP) is -6.51. The normalized spacial score (nSPS) is 5.50. The molecule has 0 aromatic carbocycles. The van der Waals surface area contributed by atoms with Crippen molar-refractivity contribution in [2.45, 2.75) is 0 Å². The van der Waals surface area contributed by atoms with Crippen molar-refractivity contribution in [1.82, 2.24) is 0 Å². The Morgan fingerprint density at radius 3 is 1.12 bits per heavy atom. The van der Waals surface area contributed by atoms with Gasteiger partial charge in [-0.2, -0.15) is 0 Å². The molecule has 0 N–H and O–H groups in total. The van der Waals surface area contributed by atoms with E-state index in [0.29, 0.717) is 0 Å². The maximum absolute atomic E-state index is 8.93. The van der Waals surface area contributed by atoms with Gasteiger partial charge in [0.25, 0.3) is 0 Å². The van der Waals surface area contributed by atoms with E-state index in [1.54, 1.807) is 0 Å². The maximum Gasteiger partial charge on any atom is 4.00 e. The zero-order valence-electron chi connectivity index (χ0n) is 4.13. The first-order valence-corrected chi connectivity index (χ1v) is 1.07. The Labute approximate surface area is 107 Å². The molecule has 0 heterocycles. The fraction of sp³-hybridized carbons (Fsp3) is 0. The Hall–Kier alpha value is 1.46. The second-order valence-electron chi connectivity index (χ2n) is 0.575. The number of rotatable bonds is 0. The zero-order valence-corrected chi connectivity index (χ0v) is 9.71. The fourth-order valence-corrected chi connectivity index (χ4v) is 0. The van der Waals surface area contributed by atoms with Crippen molar-refractivity contribution < 1.29 is 97.4 Å². The summed E-state index contributed by atoms with van der Waals surface area (Å²) in [6.07, 6.45) is 0. The van der Waals surface area contributed by atoms with Crippen LogP contribution in [0, 0.1) is 0 Å². The summed E-state index contributed by atoms with van der Waals surface area (Å²) >= 11 is 0. The minimum Gasteiger partial charge on any atom is -0.543 e. The van der Waals surface area contributed by atoms with Crippen molar-refractivity contribution in [3.63, 3.8) is 0 Å². The van der Waals surface area contributed by atoms with Crippen molar-refractivity contribution in [3.05, 3.63) is 0 Å². The minimum absolute atomic E-state index is 0. The molecule has 0 unspecified atom stereocenters. The van der Waals surface area contributed by atoms with Gasteiger partial charge in [-0.1, -0.05) is 0 Å². The first-order valence-electron chi connectivity index (χ1n) is 1.07. The molecule has 0 aliphatic rings. The average molecular weight is 218 g/mol. The van der Waals surface area contributed by atoms with Crippen molar-refractivity contribution in [2.24, 2.45) is 0 Å². The molecule has 0 saturated carbocycles. The van der Waals surface area contributed by atoms with E-state index >= 15 is 0 Å². The third-order valence-corrected chi connectivity index (χ3v) is 0.167. The number of carbonyl (C=O) groups excluding carboxylic acids is 2. The quantitative estimate of drug-likeness (QED) is 0.299.